The molecule has 1 fully saturated rings. The molecule has 5 nitrogen and oxygen atoms in total. The van der Waals surface area contributed by atoms with Crippen molar-refractivity contribution in [1.82, 2.24) is 14.5 Å². The van der Waals surface area contributed by atoms with Crippen LogP contribution < -0.4 is 4.74 Å². The fourth-order valence-electron chi connectivity index (χ4n) is 5.21. The third-order valence-corrected chi connectivity index (χ3v) is 8.03. The molecular weight excluding hydrogens is 485 g/mol. The number of fused-ring (bicyclic) bond motifs is 1. The standard InChI is InChI=1S/C30H28FN3O2S/c31-22-14-10-20(11-15-22)29-27(37-28(18-35)33-29)19-36-24-16-12-21(13-17-24)30-32-25-8-4-5-9-26(25)34(30)23-6-2-1-3-7-23/h4-5,8-17,23,35H,1-3,6-7,18-19H2. The first-order chi connectivity index (χ1) is 18.2. The summed E-state index contributed by atoms with van der Waals surface area (Å²) in [5.74, 6) is 1.46. The van der Waals surface area contributed by atoms with E-state index in [1.807, 2.05) is 18.2 Å². The van der Waals surface area contributed by atoms with E-state index >= 15 is 0 Å². The Morgan fingerprint density at radius 3 is 2.38 bits per heavy atom. The van der Waals surface area contributed by atoms with Crippen molar-refractivity contribution >= 4 is 22.4 Å². The zero-order valence-corrected chi connectivity index (χ0v) is 21.3. The lowest BCUT2D eigenvalue weighted by molar-refractivity contribution is 0.281. The van der Waals surface area contributed by atoms with Crippen LogP contribution in [0.15, 0.2) is 72.8 Å². The Morgan fingerprint density at radius 1 is 0.892 bits per heavy atom. The minimum absolute atomic E-state index is 0.143. The van der Waals surface area contributed by atoms with E-state index in [-0.39, 0.29) is 12.4 Å². The number of imidazole rings is 1. The maximum Gasteiger partial charge on any atom is 0.141 e. The minimum atomic E-state index is -0.295. The fraction of sp³-hybridized carbons (Fsp3) is 0.267. The van der Waals surface area contributed by atoms with Gasteiger partial charge < -0.3 is 14.4 Å². The third-order valence-electron chi connectivity index (χ3n) is 7.01. The second-order valence-corrected chi connectivity index (χ2v) is 10.6. The van der Waals surface area contributed by atoms with Crippen LogP contribution in [0.5, 0.6) is 5.75 Å². The molecule has 0 radical (unpaired) electrons. The molecule has 2 aromatic heterocycles. The van der Waals surface area contributed by atoms with Crippen molar-refractivity contribution < 1.29 is 14.2 Å². The maximum absolute atomic E-state index is 13.4. The summed E-state index contributed by atoms with van der Waals surface area (Å²) >= 11 is 1.40. The summed E-state index contributed by atoms with van der Waals surface area (Å²) in [5.41, 5.74) is 4.81. The van der Waals surface area contributed by atoms with E-state index in [1.54, 1.807) is 12.1 Å². The highest BCUT2D eigenvalue weighted by Gasteiger charge is 2.22. The summed E-state index contributed by atoms with van der Waals surface area (Å²) in [4.78, 5) is 10.4. The third kappa shape index (κ3) is 4.89. The fourth-order valence-corrected chi connectivity index (χ4v) is 6.07. The van der Waals surface area contributed by atoms with Gasteiger partial charge in [-0.2, -0.15) is 0 Å². The van der Waals surface area contributed by atoms with Crippen molar-refractivity contribution in [2.75, 3.05) is 0 Å². The molecule has 0 bridgehead atoms. The van der Waals surface area contributed by atoms with Crippen molar-refractivity contribution in [3.05, 3.63) is 88.5 Å². The van der Waals surface area contributed by atoms with Crippen molar-refractivity contribution in [3.8, 4) is 28.4 Å². The molecule has 188 valence electrons. The van der Waals surface area contributed by atoms with Gasteiger partial charge in [-0.1, -0.05) is 31.4 Å². The van der Waals surface area contributed by atoms with E-state index < -0.39 is 0 Å². The van der Waals surface area contributed by atoms with Gasteiger partial charge in [0.25, 0.3) is 0 Å². The molecule has 1 aliphatic rings. The lowest BCUT2D eigenvalue weighted by Gasteiger charge is -2.25. The van der Waals surface area contributed by atoms with E-state index in [9.17, 15) is 9.50 Å². The van der Waals surface area contributed by atoms with Gasteiger partial charge in [0.05, 0.1) is 28.2 Å². The zero-order valence-electron chi connectivity index (χ0n) is 20.4. The maximum atomic E-state index is 13.4. The van der Waals surface area contributed by atoms with Gasteiger partial charge in [-0.15, -0.1) is 11.3 Å². The summed E-state index contributed by atoms with van der Waals surface area (Å²) in [6, 6.07) is 23.2. The summed E-state index contributed by atoms with van der Waals surface area (Å²) < 4.78 is 22.0. The Hall–Kier alpha value is -3.55. The monoisotopic (exact) mass is 513 g/mol. The van der Waals surface area contributed by atoms with Crippen LogP contribution in [0.3, 0.4) is 0 Å². The summed E-state index contributed by atoms with van der Waals surface area (Å²) in [5, 5.41) is 10.2. The number of thiazole rings is 1. The van der Waals surface area contributed by atoms with Crippen molar-refractivity contribution in [1.29, 1.82) is 0 Å². The Balaban J connectivity index is 1.25. The van der Waals surface area contributed by atoms with Crippen LogP contribution >= 0.6 is 11.3 Å². The van der Waals surface area contributed by atoms with Gasteiger partial charge in [0, 0.05) is 17.2 Å². The first kappa shape index (κ1) is 23.8. The van der Waals surface area contributed by atoms with Gasteiger partial charge >= 0.3 is 0 Å². The average molecular weight is 514 g/mol. The van der Waals surface area contributed by atoms with Gasteiger partial charge in [0.2, 0.25) is 0 Å². The molecule has 0 saturated heterocycles. The molecule has 1 N–H and O–H groups in total. The second kappa shape index (κ2) is 10.4. The van der Waals surface area contributed by atoms with E-state index in [0.29, 0.717) is 23.4 Å². The molecule has 7 heteroatoms. The highest BCUT2D eigenvalue weighted by atomic mass is 32.1. The van der Waals surface area contributed by atoms with Crippen LogP contribution in [0.4, 0.5) is 4.39 Å². The lowest BCUT2D eigenvalue weighted by atomic mass is 9.95. The highest BCUT2D eigenvalue weighted by Crippen LogP contribution is 2.36. The molecule has 1 aliphatic carbocycles. The van der Waals surface area contributed by atoms with Gasteiger partial charge in [-0.25, -0.2) is 14.4 Å². The van der Waals surface area contributed by atoms with Gasteiger partial charge in [-0.05, 0) is 73.5 Å². The van der Waals surface area contributed by atoms with Crippen molar-refractivity contribution in [3.63, 3.8) is 0 Å². The number of benzene rings is 3. The highest BCUT2D eigenvalue weighted by molar-refractivity contribution is 7.12. The van der Waals surface area contributed by atoms with E-state index in [0.717, 1.165) is 33.1 Å². The predicted octanol–water partition coefficient (Wildman–Crippen LogP) is 7.54. The van der Waals surface area contributed by atoms with Crippen LogP contribution in [0, 0.1) is 5.82 Å². The molecule has 0 aliphatic heterocycles. The quantitative estimate of drug-likeness (QED) is 0.244. The molecule has 5 aromatic rings. The number of halogens is 1. The smallest absolute Gasteiger partial charge is 0.141 e. The SMILES string of the molecule is OCc1nc(-c2ccc(F)cc2)c(COc2ccc(-c3nc4ccccc4n3C3CCCCC3)cc2)s1. The lowest BCUT2D eigenvalue weighted by Crippen LogP contribution is -2.13. The molecule has 3 aromatic carbocycles. The largest absolute Gasteiger partial charge is 0.488 e. The normalized spacial score (nSPS) is 14.3. The van der Waals surface area contributed by atoms with Crippen molar-refractivity contribution in [2.24, 2.45) is 0 Å². The first-order valence-electron chi connectivity index (χ1n) is 12.7. The average Bonchev–Trinajstić information content (AvgIpc) is 3.55. The molecule has 0 atom stereocenters. The second-order valence-electron chi connectivity index (χ2n) is 9.44. The molecular formula is C30H28FN3O2S. The van der Waals surface area contributed by atoms with Crippen LogP contribution in [-0.4, -0.2) is 19.6 Å². The van der Waals surface area contributed by atoms with Crippen LogP contribution in [0.1, 0.15) is 48.0 Å². The van der Waals surface area contributed by atoms with Crippen LogP contribution in [0.2, 0.25) is 0 Å². The number of nitrogens with zero attached hydrogens (tertiary/aromatic N) is 3. The summed E-state index contributed by atoms with van der Waals surface area (Å²) in [6.45, 7) is 0.167. The van der Waals surface area contributed by atoms with Crippen LogP contribution in [0.25, 0.3) is 33.7 Å². The molecule has 0 spiro atoms. The van der Waals surface area contributed by atoms with Gasteiger partial charge in [-0.3, -0.25) is 0 Å². The number of hydrogen-bond donors (Lipinski definition) is 1. The number of aliphatic hydroxyl groups excluding tert-OH is 1. The molecule has 37 heavy (non-hydrogen) atoms. The summed E-state index contributed by atoms with van der Waals surface area (Å²) in [7, 11) is 0. The Kier molecular flexibility index (Phi) is 6.72. The topological polar surface area (TPSA) is 60.2 Å². The Morgan fingerprint density at radius 2 is 1.62 bits per heavy atom. The predicted molar refractivity (Wildman–Crippen MR) is 145 cm³/mol. The Labute approximate surface area is 219 Å². The number of aromatic nitrogens is 3. The number of para-hydroxylation sites is 2. The first-order valence-corrected chi connectivity index (χ1v) is 13.6. The van der Waals surface area contributed by atoms with E-state index in [4.69, 9.17) is 9.72 Å². The number of ether oxygens (including phenoxy) is 1. The molecule has 2 heterocycles. The van der Waals surface area contributed by atoms with Crippen molar-refractivity contribution in [2.45, 2.75) is 51.4 Å². The molecule has 0 unspecified atom stereocenters. The molecule has 0 amide bonds. The van der Waals surface area contributed by atoms with Gasteiger partial charge in [0.15, 0.2) is 0 Å². The van der Waals surface area contributed by atoms with E-state index in [2.05, 4.69) is 39.9 Å². The van der Waals surface area contributed by atoms with Gasteiger partial charge in [0.1, 0.15) is 29.0 Å². The number of rotatable bonds is 7. The molecule has 6 rings (SSSR count). The molecule has 1 saturated carbocycles. The van der Waals surface area contributed by atoms with E-state index in [1.165, 1.54) is 61.1 Å². The van der Waals surface area contributed by atoms with Crippen LogP contribution in [-0.2, 0) is 13.2 Å². The summed E-state index contributed by atoms with van der Waals surface area (Å²) in [6.07, 6.45) is 6.22. The number of hydrogen-bond acceptors (Lipinski definition) is 5. The minimum Gasteiger partial charge on any atom is -0.488 e. The number of aliphatic hydroxyl groups is 1. The zero-order chi connectivity index (χ0) is 25.2. The Bertz CT molecular complexity index is 1500.